The minimum atomic E-state index is 0.248. The van der Waals surface area contributed by atoms with Gasteiger partial charge >= 0.3 is 0 Å². The molecule has 0 radical (unpaired) electrons. The lowest BCUT2D eigenvalue weighted by atomic mass is 10.0. The molecular weight excluding hydrogens is 188 g/mol. The van der Waals surface area contributed by atoms with E-state index in [2.05, 4.69) is 6.92 Å². The van der Waals surface area contributed by atoms with Crippen LogP contribution in [0.5, 0.6) is 0 Å². The van der Waals surface area contributed by atoms with E-state index in [0.717, 1.165) is 19.5 Å². The molecule has 1 atom stereocenters. The second kappa shape index (κ2) is 4.51. The lowest BCUT2D eigenvalue weighted by Crippen LogP contribution is -2.40. The molecule has 0 bridgehead atoms. The van der Waals surface area contributed by atoms with Crippen LogP contribution in [-0.4, -0.2) is 28.5 Å². The summed E-state index contributed by atoms with van der Waals surface area (Å²) in [5.74, 6) is 0.908. The zero-order valence-corrected chi connectivity index (χ0v) is 9.22. The van der Waals surface area contributed by atoms with Crippen molar-refractivity contribution in [2.24, 2.45) is 5.92 Å². The van der Waals surface area contributed by atoms with Gasteiger partial charge in [-0.3, -0.25) is 4.79 Å². The Morgan fingerprint density at radius 2 is 2.13 bits per heavy atom. The average molecular weight is 206 g/mol. The van der Waals surface area contributed by atoms with Crippen LogP contribution in [-0.2, 0) is 11.3 Å². The monoisotopic (exact) mass is 206 g/mol. The number of rotatable bonds is 2. The molecule has 1 fully saturated rings. The minimum Gasteiger partial charge on any atom is -0.345 e. The number of piperidine rings is 1. The molecule has 0 spiro atoms. The fourth-order valence-corrected chi connectivity index (χ4v) is 2.15. The third kappa shape index (κ3) is 2.61. The fraction of sp³-hybridized carbons (Fsp3) is 0.583. The lowest BCUT2D eigenvalue weighted by Gasteiger charge is -2.31. The summed E-state index contributed by atoms with van der Waals surface area (Å²) < 4.78 is 1.93. The van der Waals surface area contributed by atoms with Gasteiger partial charge in [0.15, 0.2) is 0 Å². The van der Waals surface area contributed by atoms with Crippen LogP contribution in [0.1, 0.15) is 19.8 Å². The molecule has 2 heterocycles. The van der Waals surface area contributed by atoms with Crippen molar-refractivity contribution in [2.45, 2.75) is 26.3 Å². The van der Waals surface area contributed by atoms with E-state index in [0.29, 0.717) is 12.5 Å². The van der Waals surface area contributed by atoms with Gasteiger partial charge in [0.2, 0.25) is 5.91 Å². The highest BCUT2D eigenvalue weighted by Crippen LogP contribution is 2.15. The number of aromatic nitrogens is 1. The van der Waals surface area contributed by atoms with Crippen molar-refractivity contribution >= 4 is 5.91 Å². The summed E-state index contributed by atoms with van der Waals surface area (Å²) in [7, 11) is 0. The summed E-state index contributed by atoms with van der Waals surface area (Å²) in [5, 5.41) is 0. The van der Waals surface area contributed by atoms with Crippen LogP contribution in [0.4, 0.5) is 0 Å². The van der Waals surface area contributed by atoms with E-state index in [1.165, 1.54) is 6.42 Å². The van der Waals surface area contributed by atoms with E-state index in [1.54, 1.807) is 0 Å². The van der Waals surface area contributed by atoms with E-state index in [9.17, 15) is 4.79 Å². The molecular formula is C12H18N2O. The van der Waals surface area contributed by atoms with Gasteiger partial charge in [-0.2, -0.15) is 0 Å². The normalized spacial score (nSPS) is 21.7. The zero-order valence-electron chi connectivity index (χ0n) is 9.22. The Morgan fingerprint density at radius 3 is 2.80 bits per heavy atom. The highest BCUT2D eigenvalue weighted by Gasteiger charge is 2.20. The van der Waals surface area contributed by atoms with Crippen molar-refractivity contribution in [3.05, 3.63) is 24.5 Å². The van der Waals surface area contributed by atoms with E-state index >= 15 is 0 Å². The number of amides is 1. The van der Waals surface area contributed by atoms with Gasteiger partial charge in [0.05, 0.1) is 0 Å². The van der Waals surface area contributed by atoms with Gasteiger partial charge < -0.3 is 9.47 Å². The van der Waals surface area contributed by atoms with Crippen molar-refractivity contribution in [3.63, 3.8) is 0 Å². The van der Waals surface area contributed by atoms with Crippen LogP contribution in [0.3, 0.4) is 0 Å². The Kier molecular flexibility index (Phi) is 3.09. The molecule has 0 N–H and O–H groups in total. The summed E-state index contributed by atoms with van der Waals surface area (Å²) in [4.78, 5) is 13.9. The molecule has 1 aliphatic rings. The standard InChI is InChI=1S/C12H18N2O/c1-11-5-4-8-14(9-11)12(15)10-13-6-2-3-7-13/h2-3,6-7,11H,4-5,8-10H2,1H3. The van der Waals surface area contributed by atoms with E-state index < -0.39 is 0 Å². The Balaban J connectivity index is 1.90. The maximum Gasteiger partial charge on any atom is 0.242 e. The van der Waals surface area contributed by atoms with Crippen LogP contribution in [0.15, 0.2) is 24.5 Å². The second-order valence-corrected chi connectivity index (χ2v) is 4.44. The summed E-state index contributed by atoms with van der Waals surface area (Å²) in [6.45, 7) is 4.57. The quantitative estimate of drug-likeness (QED) is 0.723. The molecule has 1 amide bonds. The first-order chi connectivity index (χ1) is 7.25. The molecule has 15 heavy (non-hydrogen) atoms. The molecule has 0 saturated carbocycles. The number of carbonyl (C=O) groups is 1. The van der Waals surface area contributed by atoms with Crippen LogP contribution < -0.4 is 0 Å². The fourth-order valence-electron chi connectivity index (χ4n) is 2.15. The van der Waals surface area contributed by atoms with Crippen LogP contribution >= 0.6 is 0 Å². The van der Waals surface area contributed by atoms with E-state index in [1.807, 2.05) is 34.0 Å². The molecule has 1 aromatic rings. The van der Waals surface area contributed by atoms with Gasteiger partial charge in [0.25, 0.3) is 0 Å². The van der Waals surface area contributed by atoms with E-state index in [-0.39, 0.29) is 5.91 Å². The number of hydrogen-bond donors (Lipinski definition) is 0. The Bertz CT molecular complexity index is 318. The largest absolute Gasteiger partial charge is 0.345 e. The first kappa shape index (κ1) is 10.3. The average Bonchev–Trinajstić information content (AvgIpc) is 2.70. The van der Waals surface area contributed by atoms with Gasteiger partial charge in [-0.15, -0.1) is 0 Å². The molecule has 1 unspecified atom stereocenters. The van der Waals surface area contributed by atoms with Crippen molar-refractivity contribution in [1.29, 1.82) is 0 Å². The first-order valence-electron chi connectivity index (χ1n) is 5.64. The van der Waals surface area contributed by atoms with Crippen molar-refractivity contribution in [3.8, 4) is 0 Å². The second-order valence-electron chi connectivity index (χ2n) is 4.44. The Morgan fingerprint density at radius 1 is 1.40 bits per heavy atom. The van der Waals surface area contributed by atoms with Crippen LogP contribution in [0.25, 0.3) is 0 Å². The maximum atomic E-state index is 11.9. The smallest absolute Gasteiger partial charge is 0.242 e. The highest BCUT2D eigenvalue weighted by atomic mass is 16.2. The molecule has 2 rings (SSSR count). The number of hydrogen-bond acceptors (Lipinski definition) is 1. The van der Waals surface area contributed by atoms with Gasteiger partial charge in [-0.25, -0.2) is 0 Å². The third-order valence-corrected chi connectivity index (χ3v) is 2.99. The molecule has 1 aliphatic heterocycles. The third-order valence-electron chi connectivity index (χ3n) is 2.99. The molecule has 3 nitrogen and oxygen atoms in total. The molecule has 1 aromatic heterocycles. The summed E-state index contributed by atoms with van der Waals surface area (Å²) in [5.41, 5.74) is 0. The van der Waals surface area contributed by atoms with E-state index in [4.69, 9.17) is 0 Å². The highest BCUT2D eigenvalue weighted by molar-refractivity contribution is 5.76. The molecule has 0 aliphatic carbocycles. The topological polar surface area (TPSA) is 25.2 Å². The summed E-state index contributed by atoms with van der Waals surface area (Å²) in [6.07, 6.45) is 6.28. The van der Waals surface area contributed by atoms with Crippen molar-refractivity contribution in [2.75, 3.05) is 13.1 Å². The lowest BCUT2D eigenvalue weighted by molar-refractivity contribution is -0.133. The van der Waals surface area contributed by atoms with Gasteiger partial charge in [0.1, 0.15) is 6.54 Å². The summed E-state index contributed by atoms with van der Waals surface area (Å²) >= 11 is 0. The zero-order chi connectivity index (χ0) is 10.7. The van der Waals surface area contributed by atoms with Gasteiger partial charge in [-0.1, -0.05) is 6.92 Å². The van der Waals surface area contributed by atoms with Crippen LogP contribution in [0, 0.1) is 5.92 Å². The Labute approximate surface area is 90.7 Å². The van der Waals surface area contributed by atoms with Crippen molar-refractivity contribution in [1.82, 2.24) is 9.47 Å². The Hall–Kier alpha value is -1.25. The number of carbonyl (C=O) groups excluding carboxylic acids is 1. The van der Waals surface area contributed by atoms with Gasteiger partial charge in [-0.05, 0) is 30.9 Å². The molecule has 0 aromatic carbocycles. The predicted octanol–water partition coefficient (Wildman–Crippen LogP) is 1.75. The SMILES string of the molecule is CC1CCCN(C(=O)Cn2cccc2)C1. The molecule has 3 heteroatoms. The first-order valence-corrected chi connectivity index (χ1v) is 5.64. The minimum absolute atomic E-state index is 0.248. The summed E-state index contributed by atoms with van der Waals surface area (Å²) in [6, 6.07) is 3.90. The number of nitrogens with zero attached hydrogens (tertiary/aromatic N) is 2. The maximum absolute atomic E-state index is 11.9. The number of likely N-dealkylation sites (tertiary alicyclic amines) is 1. The predicted molar refractivity (Wildman–Crippen MR) is 59.4 cm³/mol. The van der Waals surface area contributed by atoms with Crippen molar-refractivity contribution < 1.29 is 4.79 Å². The van der Waals surface area contributed by atoms with Crippen LogP contribution in [0.2, 0.25) is 0 Å². The van der Waals surface area contributed by atoms with Gasteiger partial charge in [0, 0.05) is 25.5 Å². The molecule has 82 valence electrons. The molecule has 1 saturated heterocycles.